The molecule has 21 heavy (non-hydrogen) atoms. The number of amides is 1. The normalized spacial score (nSPS) is 20.3. The minimum atomic E-state index is -0.293. The van der Waals surface area contributed by atoms with Crippen molar-refractivity contribution in [3.05, 3.63) is 44.8 Å². The highest BCUT2D eigenvalue weighted by Gasteiger charge is 2.49. The Morgan fingerprint density at radius 2 is 1.81 bits per heavy atom. The van der Waals surface area contributed by atoms with Crippen LogP contribution in [-0.4, -0.2) is 19.0 Å². The van der Waals surface area contributed by atoms with E-state index in [0.29, 0.717) is 6.42 Å². The minimum absolute atomic E-state index is 0.0720. The average Bonchev–Trinajstić information content (AvgIpc) is 2.93. The molecule has 4 nitrogen and oxygen atoms in total. The van der Waals surface area contributed by atoms with E-state index in [1.54, 1.807) is 22.7 Å². The Balaban J connectivity index is 1.72. The fourth-order valence-electron chi connectivity index (χ4n) is 2.34. The predicted octanol–water partition coefficient (Wildman–Crippen LogP) is 2.82. The van der Waals surface area contributed by atoms with Gasteiger partial charge < -0.3 is 10.1 Å². The third-order valence-electron chi connectivity index (χ3n) is 3.57. The molecule has 0 spiro atoms. The first-order chi connectivity index (χ1) is 10.2. The highest BCUT2D eigenvalue weighted by Crippen LogP contribution is 2.40. The van der Waals surface area contributed by atoms with Crippen molar-refractivity contribution in [1.29, 1.82) is 0 Å². The van der Waals surface area contributed by atoms with Gasteiger partial charge in [0.2, 0.25) is 5.91 Å². The lowest BCUT2D eigenvalue weighted by molar-refractivity contribution is -0.143. The summed E-state index contributed by atoms with van der Waals surface area (Å²) in [6.45, 7) is 0. The van der Waals surface area contributed by atoms with E-state index in [1.165, 1.54) is 7.11 Å². The van der Waals surface area contributed by atoms with E-state index in [9.17, 15) is 9.59 Å². The molecule has 0 unspecified atom stereocenters. The van der Waals surface area contributed by atoms with Gasteiger partial charge in [-0.1, -0.05) is 12.1 Å². The summed E-state index contributed by atoms with van der Waals surface area (Å²) < 4.78 is 4.69. The largest absolute Gasteiger partial charge is 0.469 e. The Kier molecular flexibility index (Phi) is 4.07. The first-order valence-electron chi connectivity index (χ1n) is 6.65. The number of esters is 1. The van der Waals surface area contributed by atoms with Crippen molar-refractivity contribution >= 4 is 34.6 Å². The van der Waals surface area contributed by atoms with Crippen molar-refractivity contribution in [1.82, 2.24) is 5.32 Å². The van der Waals surface area contributed by atoms with E-state index in [4.69, 9.17) is 0 Å². The number of carbonyl (C=O) groups excluding carboxylic acids is 2. The minimum Gasteiger partial charge on any atom is -0.469 e. The smallest absolute Gasteiger partial charge is 0.309 e. The van der Waals surface area contributed by atoms with Crippen LogP contribution in [0, 0.1) is 11.8 Å². The lowest BCUT2D eigenvalue weighted by atomic mass is 10.2. The van der Waals surface area contributed by atoms with Crippen LogP contribution in [0.15, 0.2) is 35.0 Å². The summed E-state index contributed by atoms with van der Waals surface area (Å²) in [7, 11) is 1.36. The Morgan fingerprint density at radius 3 is 2.29 bits per heavy atom. The lowest BCUT2D eigenvalue weighted by Crippen LogP contribution is -2.30. The summed E-state index contributed by atoms with van der Waals surface area (Å²) >= 11 is 3.23. The Labute approximate surface area is 130 Å². The third-order valence-corrected chi connectivity index (χ3v) is 5.45. The monoisotopic (exact) mass is 321 g/mol. The van der Waals surface area contributed by atoms with Gasteiger partial charge in [0.15, 0.2) is 0 Å². The van der Waals surface area contributed by atoms with Gasteiger partial charge in [0, 0.05) is 9.75 Å². The molecular weight excluding hydrogens is 306 g/mol. The molecule has 0 aliphatic heterocycles. The molecule has 3 rings (SSSR count). The van der Waals surface area contributed by atoms with Crippen molar-refractivity contribution in [2.45, 2.75) is 12.5 Å². The summed E-state index contributed by atoms with van der Waals surface area (Å²) in [6, 6.07) is 7.85. The molecule has 2 aromatic rings. The Morgan fingerprint density at radius 1 is 1.19 bits per heavy atom. The summed E-state index contributed by atoms with van der Waals surface area (Å²) in [5, 5.41) is 7.06. The molecular formula is C15H15NO3S2. The van der Waals surface area contributed by atoms with Crippen LogP contribution in [0.25, 0.3) is 0 Å². The molecule has 0 saturated heterocycles. The zero-order valence-electron chi connectivity index (χ0n) is 11.4. The maximum atomic E-state index is 12.3. The number of ether oxygens (including phenoxy) is 1. The predicted molar refractivity (Wildman–Crippen MR) is 82.2 cm³/mol. The maximum absolute atomic E-state index is 12.3. The highest BCUT2D eigenvalue weighted by atomic mass is 32.1. The van der Waals surface area contributed by atoms with Crippen molar-refractivity contribution in [2.24, 2.45) is 11.8 Å². The fourth-order valence-corrected chi connectivity index (χ4v) is 4.00. The van der Waals surface area contributed by atoms with Gasteiger partial charge in [0.25, 0.3) is 0 Å². The van der Waals surface area contributed by atoms with Gasteiger partial charge in [-0.3, -0.25) is 9.59 Å². The molecule has 1 N–H and O–H groups in total. The van der Waals surface area contributed by atoms with Crippen LogP contribution in [0.5, 0.6) is 0 Å². The average molecular weight is 321 g/mol. The quantitative estimate of drug-likeness (QED) is 0.862. The standard InChI is InChI=1S/C15H15NO3S2/c1-19-15(18)10-8-9(10)14(17)16-13(11-4-2-6-20-11)12-5-3-7-21-12/h2-7,9-10,13H,8H2,1H3,(H,16,17)/t9-,10-/m0/s1. The summed E-state index contributed by atoms with van der Waals surface area (Å²) in [5.74, 6) is -0.890. The molecule has 6 heteroatoms. The van der Waals surface area contributed by atoms with Gasteiger partial charge in [0.1, 0.15) is 0 Å². The molecule has 1 aliphatic carbocycles. The summed E-state index contributed by atoms with van der Waals surface area (Å²) in [4.78, 5) is 26.0. The van der Waals surface area contributed by atoms with Crippen LogP contribution in [0.4, 0.5) is 0 Å². The van der Waals surface area contributed by atoms with E-state index < -0.39 is 0 Å². The number of methoxy groups -OCH3 is 1. The molecule has 1 fully saturated rings. The van der Waals surface area contributed by atoms with Gasteiger partial charge in [0.05, 0.1) is 25.0 Å². The fraction of sp³-hybridized carbons (Fsp3) is 0.333. The second kappa shape index (κ2) is 5.99. The first-order valence-corrected chi connectivity index (χ1v) is 8.41. The van der Waals surface area contributed by atoms with Crippen molar-refractivity contribution in [3.8, 4) is 0 Å². The summed E-state index contributed by atoms with van der Waals surface area (Å²) in [5.41, 5.74) is 0. The Hall–Kier alpha value is -1.66. The second-order valence-electron chi connectivity index (χ2n) is 4.94. The number of hydrogen-bond donors (Lipinski definition) is 1. The van der Waals surface area contributed by atoms with Crippen LogP contribution in [-0.2, 0) is 14.3 Å². The highest BCUT2D eigenvalue weighted by molar-refractivity contribution is 7.11. The molecule has 0 radical (unpaired) electrons. The maximum Gasteiger partial charge on any atom is 0.309 e. The van der Waals surface area contributed by atoms with Crippen molar-refractivity contribution in [2.75, 3.05) is 7.11 Å². The van der Waals surface area contributed by atoms with E-state index in [0.717, 1.165) is 9.75 Å². The van der Waals surface area contributed by atoms with Crippen LogP contribution < -0.4 is 5.32 Å². The molecule has 2 heterocycles. The second-order valence-corrected chi connectivity index (χ2v) is 6.90. The van der Waals surface area contributed by atoms with E-state index in [-0.39, 0.29) is 29.8 Å². The number of carbonyl (C=O) groups is 2. The van der Waals surface area contributed by atoms with E-state index >= 15 is 0 Å². The Bertz CT molecular complexity index is 587. The van der Waals surface area contributed by atoms with Crippen molar-refractivity contribution in [3.63, 3.8) is 0 Å². The zero-order chi connectivity index (χ0) is 14.8. The van der Waals surface area contributed by atoms with Gasteiger partial charge in [-0.2, -0.15) is 0 Å². The lowest BCUT2D eigenvalue weighted by Gasteiger charge is -2.16. The van der Waals surface area contributed by atoms with Gasteiger partial charge in [-0.15, -0.1) is 22.7 Å². The molecule has 0 bridgehead atoms. The molecule has 1 saturated carbocycles. The van der Waals surface area contributed by atoms with Crippen LogP contribution in [0.1, 0.15) is 22.2 Å². The molecule has 2 atom stereocenters. The van der Waals surface area contributed by atoms with Crippen LogP contribution in [0.2, 0.25) is 0 Å². The molecule has 2 aromatic heterocycles. The first kappa shape index (κ1) is 14.3. The number of rotatable bonds is 5. The molecule has 0 aromatic carbocycles. The third kappa shape index (κ3) is 3.01. The van der Waals surface area contributed by atoms with E-state index in [2.05, 4.69) is 10.1 Å². The zero-order valence-corrected chi connectivity index (χ0v) is 13.1. The number of hydrogen-bond acceptors (Lipinski definition) is 5. The van der Waals surface area contributed by atoms with Gasteiger partial charge >= 0.3 is 5.97 Å². The van der Waals surface area contributed by atoms with Crippen molar-refractivity contribution < 1.29 is 14.3 Å². The molecule has 110 valence electrons. The molecule has 1 aliphatic rings. The number of nitrogens with one attached hydrogen (secondary N) is 1. The SMILES string of the molecule is COC(=O)[C@H]1C[C@@H]1C(=O)NC(c1cccs1)c1cccs1. The summed E-state index contributed by atoms with van der Waals surface area (Å²) in [6.07, 6.45) is 0.583. The van der Waals surface area contributed by atoms with Crippen LogP contribution >= 0.6 is 22.7 Å². The van der Waals surface area contributed by atoms with Gasteiger partial charge in [-0.25, -0.2) is 0 Å². The van der Waals surface area contributed by atoms with Crippen LogP contribution in [0.3, 0.4) is 0 Å². The molecule has 1 amide bonds. The topological polar surface area (TPSA) is 55.4 Å². The van der Waals surface area contributed by atoms with Gasteiger partial charge in [-0.05, 0) is 29.3 Å². The number of thiophene rings is 2. The van der Waals surface area contributed by atoms with E-state index in [1.807, 2.05) is 35.0 Å².